The van der Waals surface area contributed by atoms with Gasteiger partial charge in [0.1, 0.15) is 0 Å². The number of hydrogen-bond acceptors (Lipinski definition) is 4. The minimum atomic E-state index is -3.24. The van der Waals surface area contributed by atoms with Crippen molar-refractivity contribution in [3.63, 3.8) is 0 Å². The van der Waals surface area contributed by atoms with Crippen molar-refractivity contribution in [2.24, 2.45) is 5.92 Å². The summed E-state index contributed by atoms with van der Waals surface area (Å²) in [6, 6.07) is 6.04. The normalized spacial score (nSPS) is 11.7. The Balaban J connectivity index is 2.92. The van der Waals surface area contributed by atoms with Gasteiger partial charge in [-0.1, -0.05) is 13.8 Å². The van der Waals surface area contributed by atoms with Crippen molar-refractivity contribution < 1.29 is 17.9 Å². The first-order valence-electron chi connectivity index (χ1n) is 6.84. The Bertz CT molecular complexity index is 564. The zero-order valence-corrected chi connectivity index (χ0v) is 13.8. The number of ether oxygens (including phenoxy) is 1. The van der Waals surface area contributed by atoms with Gasteiger partial charge < -0.3 is 9.64 Å². The number of methoxy groups -OCH3 is 1. The molecule has 0 spiro atoms. The Labute approximate surface area is 126 Å². The highest BCUT2D eigenvalue weighted by molar-refractivity contribution is 7.90. The molecule has 0 heterocycles. The quantitative estimate of drug-likeness (QED) is 0.770. The van der Waals surface area contributed by atoms with E-state index < -0.39 is 9.84 Å². The summed E-state index contributed by atoms with van der Waals surface area (Å²) < 4.78 is 27.9. The smallest absolute Gasteiger partial charge is 0.253 e. The lowest BCUT2D eigenvalue weighted by molar-refractivity contribution is 0.0672. The Hall–Kier alpha value is -1.40. The summed E-state index contributed by atoms with van der Waals surface area (Å²) in [6.45, 7) is 5.71. The first-order chi connectivity index (χ1) is 9.75. The average molecular weight is 313 g/mol. The van der Waals surface area contributed by atoms with Gasteiger partial charge in [0, 0.05) is 32.0 Å². The summed E-state index contributed by atoms with van der Waals surface area (Å²) in [4.78, 5) is 14.4. The topological polar surface area (TPSA) is 63.7 Å². The minimum absolute atomic E-state index is 0.110. The van der Waals surface area contributed by atoms with E-state index in [0.717, 1.165) is 6.26 Å². The summed E-state index contributed by atoms with van der Waals surface area (Å²) in [5.41, 5.74) is 0.485. The lowest BCUT2D eigenvalue weighted by atomic mass is 10.1. The van der Waals surface area contributed by atoms with Crippen molar-refractivity contribution in [1.82, 2.24) is 4.90 Å². The molecule has 0 atom stereocenters. The van der Waals surface area contributed by atoms with Crippen LogP contribution in [-0.2, 0) is 14.6 Å². The van der Waals surface area contributed by atoms with Gasteiger partial charge in [0.05, 0.1) is 11.5 Å². The van der Waals surface area contributed by atoms with Crippen LogP contribution in [0.2, 0.25) is 0 Å². The largest absolute Gasteiger partial charge is 0.383 e. The van der Waals surface area contributed by atoms with Crippen LogP contribution in [0.3, 0.4) is 0 Å². The van der Waals surface area contributed by atoms with Crippen molar-refractivity contribution in [2.75, 3.05) is 33.1 Å². The van der Waals surface area contributed by atoms with E-state index in [1.165, 1.54) is 12.1 Å². The van der Waals surface area contributed by atoms with E-state index in [0.29, 0.717) is 31.2 Å². The van der Waals surface area contributed by atoms with Gasteiger partial charge in [-0.05, 0) is 30.2 Å². The molecule has 1 rings (SSSR count). The number of rotatable bonds is 7. The van der Waals surface area contributed by atoms with Crippen LogP contribution < -0.4 is 0 Å². The molecule has 6 heteroatoms. The maximum Gasteiger partial charge on any atom is 0.253 e. The van der Waals surface area contributed by atoms with Crippen LogP contribution in [0.1, 0.15) is 24.2 Å². The molecular formula is C15H23NO4S. The van der Waals surface area contributed by atoms with Crippen LogP contribution in [0, 0.1) is 5.92 Å². The van der Waals surface area contributed by atoms with E-state index in [1.807, 2.05) is 13.8 Å². The molecule has 5 nitrogen and oxygen atoms in total. The molecule has 21 heavy (non-hydrogen) atoms. The van der Waals surface area contributed by atoms with Gasteiger partial charge in [-0.25, -0.2) is 8.42 Å². The lowest BCUT2D eigenvalue weighted by Gasteiger charge is -2.24. The zero-order chi connectivity index (χ0) is 16.0. The molecule has 1 aromatic rings. The second kappa shape index (κ2) is 7.56. The van der Waals surface area contributed by atoms with Gasteiger partial charge in [-0.15, -0.1) is 0 Å². The van der Waals surface area contributed by atoms with E-state index in [1.54, 1.807) is 24.1 Å². The maximum absolute atomic E-state index is 12.5. The van der Waals surface area contributed by atoms with E-state index in [-0.39, 0.29) is 10.8 Å². The molecule has 118 valence electrons. The number of carbonyl (C=O) groups excluding carboxylic acids is 1. The molecule has 0 aliphatic rings. The van der Waals surface area contributed by atoms with Crippen LogP contribution >= 0.6 is 0 Å². The number of hydrogen-bond donors (Lipinski definition) is 0. The number of amides is 1. The maximum atomic E-state index is 12.5. The molecule has 0 aromatic heterocycles. The highest BCUT2D eigenvalue weighted by Gasteiger charge is 2.17. The molecule has 0 bridgehead atoms. The molecule has 1 aromatic carbocycles. The average Bonchev–Trinajstić information content (AvgIpc) is 2.41. The summed E-state index contributed by atoms with van der Waals surface area (Å²) in [6.07, 6.45) is 1.15. The number of benzene rings is 1. The van der Waals surface area contributed by atoms with Gasteiger partial charge in [-0.3, -0.25) is 4.79 Å². The molecule has 0 saturated heterocycles. The third kappa shape index (κ3) is 5.47. The summed E-state index contributed by atoms with van der Waals surface area (Å²) in [5, 5.41) is 0. The van der Waals surface area contributed by atoms with E-state index in [9.17, 15) is 13.2 Å². The first kappa shape index (κ1) is 17.7. The molecular weight excluding hydrogens is 290 g/mol. The Morgan fingerprint density at radius 2 is 1.81 bits per heavy atom. The van der Waals surface area contributed by atoms with Crippen molar-refractivity contribution in [3.05, 3.63) is 29.8 Å². The third-order valence-electron chi connectivity index (χ3n) is 2.97. The van der Waals surface area contributed by atoms with E-state index in [2.05, 4.69) is 0 Å². The second-order valence-electron chi connectivity index (χ2n) is 5.43. The van der Waals surface area contributed by atoms with Gasteiger partial charge in [0.2, 0.25) is 0 Å². The summed E-state index contributed by atoms with van der Waals surface area (Å²) in [5.74, 6) is 0.238. The highest BCUT2D eigenvalue weighted by Crippen LogP contribution is 2.13. The molecule has 0 radical (unpaired) electrons. The van der Waals surface area contributed by atoms with Gasteiger partial charge in [0.15, 0.2) is 9.84 Å². The van der Waals surface area contributed by atoms with Crippen LogP contribution in [-0.4, -0.2) is 52.3 Å². The van der Waals surface area contributed by atoms with Crippen LogP contribution in [0.15, 0.2) is 29.2 Å². The van der Waals surface area contributed by atoms with Crippen LogP contribution in [0.5, 0.6) is 0 Å². The van der Waals surface area contributed by atoms with Crippen molar-refractivity contribution in [1.29, 1.82) is 0 Å². The number of carbonyl (C=O) groups is 1. The van der Waals surface area contributed by atoms with E-state index >= 15 is 0 Å². The van der Waals surface area contributed by atoms with E-state index in [4.69, 9.17) is 4.74 Å². The highest BCUT2D eigenvalue weighted by atomic mass is 32.2. The molecule has 0 unspecified atom stereocenters. The Morgan fingerprint density at radius 1 is 1.24 bits per heavy atom. The summed E-state index contributed by atoms with van der Waals surface area (Å²) in [7, 11) is -1.65. The lowest BCUT2D eigenvalue weighted by Crippen LogP contribution is -2.36. The molecule has 0 aliphatic heterocycles. The monoisotopic (exact) mass is 313 g/mol. The molecule has 0 N–H and O–H groups in total. The molecule has 0 fully saturated rings. The predicted molar refractivity (Wildman–Crippen MR) is 82.2 cm³/mol. The van der Waals surface area contributed by atoms with Crippen LogP contribution in [0.25, 0.3) is 0 Å². The fourth-order valence-corrected chi connectivity index (χ4v) is 2.58. The van der Waals surface area contributed by atoms with Crippen LogP contribution in [0.4, 0.5) is 0 Å². The molecule has 0 aliphatic carbocycles. The molecule has 0 saturated carbocycles. The van der Waals surface area contributed by atoms with Gasteiger partial charge in [-0.2, -0.15) is 0 Å². The van der Waals surface area contributed by atoms with Crippen molar-refractivity contribution >= 4 is 15.7 Å². The summed E-state index contributed by atoms with van der Waals surface area (Å²) >= 11 is 0. The zero-order valence-electron chi connectivity index (χ0n) is 13.0. The van der Waals surface area contributed by atoms with Gasteiger partial charge in [0.25, 0.3) is 5.91 Å². The van der Waals surface area contributed by atoms with Crippen molar-refractivity contribution in [3.8, 4) is 0 Å². The molecule has 1 amide bonds. The number of sulfone groups is 1. The first-order valence-corrected chi connectivity index (χ1v) is 8.73. The predicted octanol–water partition coefficient (Wildman–Crippen LogP) is 1.83. The fourth-order valence-electron chi connectivity index (χ4n) is 1.95. The Morgan fingerprint density at radius 3 is 2.24 bits per heavy atom. The third-order valence-corrected chi connectivity index (χ3v) is 4.10. The second-order valence-corrected chi connectivity index (χ2v) is 7.45. The van der Waals surface area contributed by atoms with Crippen molar-refractivity contribution in [2.45, 2.75) is 18.7 Å². The standard InChI is InChI=1S/C15H23NO4S/c1-12(2)11-16(9-10-20-3)15(17)13-5-7-14(8-6-13)21(4,18)19/h5-8,12H,9-11H2,1-4H3. The fraction of sp³-hybridized carbons (Fsp3) is 0.533. The number of nitrogens with zero attached hydrogens (tertiary/aromatic N) is 1. The van der Waals surface area contributed by atoms with Gasteiger partial charge >= 0.3 is 0 Å². The SMILES string of the molecule is COCCN(CC(C)C)C(=O)c1ccc(S(C)(=O)=O)cc1. The minimum Gasteiger partial charge on any atom is -0.383 e. The Kier molecular flexibility index (Phi) is 6.36.